The molecule has 0 saturated carbocycles. The van der Waals surface area contributed by atoms with Crippen molar-refractivity contribution >= 4 is 28.3 Å². The van der Waals surface area contributed by atoms with Crippen molar-refractivity contribution in [3.05, 3.63) is 47.5 Å². The van der Waals surface area contributed by atoms with E-state index in [1.54, 1.807) is 11.6 Å². The second kappa shape index (κ2) is 7.51. The average Bonchev–Trinajstić information content (AvgIpc) is 2.98. The third-order valence-electron chi connectivity index (χ3n) is 2.70. The van der Waals surface area contributed by atoms with Gasteiger partial charge in [-0.15, -0.1) is 11.3 Å². The number of amides is 2. The van der Waals surface area contributed by atoms with Crippen molar-refractivity contribution in [3.8, 4) is 0 Å². The number of rotatable bonds is 6. The molecule has 0 radical (unpaired) electrons. The van der Waals surface area contributed by atoms with Crippen LogP contribution in [-0.4, -0.2) is 34.6 Å². The van der Waals surface area contributed by atoms with E-state index in [4.69, 9.17) is 0 Å². The number of aliphatic hydroxyl groups excluding tert-OH is 1. The van der Waals surface area contributed by atoms with Gasteiger partial charge in [0.05, 0.1) is 13.0 Å². The van der Waals surface area contributed by atoms with Crippen LogP contribution in [0.4, 0.5) is 5.13 Å². The summed E-state index contributed by atoms with van der Waals surface area (Å²) in [6.07, 6.45) is 1.71. The summed E-state index contributed by atoms with van der Waals surface area (Å²) in [4.78, 5) is 27.7. The van der Waals surface area contributed by atoms with Crippen LogP contribution in [0.1, 0.15) is 5.56 Å². The number of anilines is 1. The van der Waals surface area contributed by atoms with Gasteiger partial charge in [0.25, 0.3) is 5.91 Å². The van der Waals surface area contributed by atoms with Gasteiger partial charge in [-0.2, -0.15) is 0 Å². The molecule has 0 fully saturated rings. The molecule has 1 aromatic heterocycles. The molecule has 0 aliphatic carbocycles. The number of benzene rings is 1. The SMILES string of the molecule is O=C(Cc1ccccc1)NC(CO)C(=O)Nc1nccs1. The Balaban J connectivity index is 1.89. The predicted octanol–water partition coefficient (Wildman–Crippen LogP) is 0.801. The molecule has 2 aromatic rings. The minimum Gasteiger partial charge on any atom is -0.394 e. The Labute approximate surface area is 125 Å². The van der Waals surface area contributed by atoms with Crippen LogP contribution in [0.5, 0.6) is 0 Å². The summed E-state index contributed by atoms with van der Waals surface area (Å²) in [7, 11) is 0. The summed E-state index contributed by atoms with van der Waals surface area (Å²) in [6, 6.07) is 8.18. The van der Waals surface area contributed by atoms with Crippen LogP contribution in [0.3, 0.4) is 0 Å². The molecule has 2 amide bonds. The lowest BCUT2D eigenvalue weighted by molar-refractivity contribution is -0.126. The van der Waals surface area contributed by atoms with E-state index in [1.807, 2.05) is 30.3 Å². The smallest absolute Gasteiger partial charge is 0.251 e. The van der Waals surface area contributed by atoms with Crippen LogP contribution in [0.2, 0.25) is 0 Å². The molecule has 2 rings (SSSR count). The van der Waals surface area contributed by atoms with Gasteiger partial charge in [-0.1, -0.05) is 30.3 Å². The van der Waals surface area contributed by atoms with E-state index in [1.165, 1.54) is 11.3 Å². The van der Waals surface area contributed by atoms with Crippen LogP contribution in [0, 0.1) is 0 Å². The first-order valence-electron chi connectivity index (χ1n) is 6.33. The molecular formula is C14H15N3O3S. The average molecular weight is 305 g/mol. The van der Waals surface area contributed by atoms with Crippen molar-refractivity contribution in [1.82, 2.24) is 10.3 Å². The summed E-state index contributed by atoms with van der Waals surface area (Å²) in [6.45, 7) is -0.474. The zero-order valence-electron chi connectivity index (χ0n) is 11.2. The second-order valence-electron chi connectivity index (χ2n) is 4.29. The molecule has 1 unspecified atom stereocenters. The van der Waals surface area contributed by atoms with Gasteiger partial charge in [-0.25, -0.2) is 4.98 Å². The quantitative estimate of drug-likeness (QED) is 0.736. The van der Waals surface area contributed by atoms with Crippen LogP contribution < -0.4 is 10.6 Å². The van der Waals surface area contributed by atoms with Gasteiger partial charge in [0.1, 0.15) is 6.04 Å². The maximum atomic E-state index is 11.9. The molecule has 1 atom stereocenters. The predicted molar refractivity (Wildman–Crippen MR) is 79.9 cm³/mol. The number of thiazole rings is 1. The highest BCUT2D eigenvalue weighted by atomic mass is 32.1. The highest BCUT2D eigenvalue weighted by molar-refractivity contribution is 7.13. The summed E-state index contributed by atoms with van der Waals surface area (Å²) in [5.41, 5.74) is 0.840. The molecule has 0 spiro atoms. The summed E-state index contributed by atoms with van der Waals surface area (Å²) in [5.74, 6) is -0.816. The highest BCUT2D eigenvalue weighted by Crippen LogP contribution is 2.10. The van der Waals surface area contributed by atoms with Crippen molar-refractivity contribution in [2.45, 2.75) is 12.5 Å². The Hall–Kier alpha value is -2.25. The van der Waals surface area contributed by atoms with Crippen molar-refractivity contribution in [1.29, 1.82) is 0 Å². The molecule has 3 N–H and O–H groups in total. The minimum atomic E-state index is -0.995. The lowest BCUT2D eigenvalue weighted by Crippen LogP contribution is -2.46. The standard InChI is InChI=1S/C14H15N3O3S/c18-9-11(13(20)17-14-15-6-7-21-14)16-12(19)8-10-4-2-1-3-5-10/h1-7,11,18H,8-9H2,(H,16,19)(H,15,17,20). The molecular weight excluding hydrogens is 290 g/mol. The number of nitrogens with one attached hydrogen (secondary N) is 2. The Kier molecular flexibility index (Phi) is 5.42. The largest absolute Gasteiger partial charge is 0.394 e. The van der Waals surface area contributed by atoms with Crippen molar-refractivity contribution < 1.29 is 14.7 Å². The van der Waals surface area contributed by atoms with Crippen LogP contribution >= 0.6 is 11.3 Å². The van der Waals surface area contributed by atoms with E-state index in [2.05, 4.69) is 15.6 Å². The first-order chi connectivity index (χ1) is 10.2. The number of carbonyl (C=O) groups is 2. The number of hydrogen-bond acceptors (Lipinski definition) is 5. The molecule has 6 nitrogen and oxygen atoms in total. The van der Waals surface area contributed by atoms with Gasteiger partial charge in [-0.05, 0) is 5.56 Å². The Bertz CT molecular complexity index is 587. The maximum absolute atomic E-state index is 11.9. The van der Waals surface area contributed by atoms with E-state index < -0.39 is 18.6 Å². The molecule has 1 aromatic carbocycles. The Morgan fingerprint density at radius 1 is 1.29 bits per heavy atom. The summed E-state index contributed by atoms with van der Waals surface area (Å²) < 4.78 is 0. The molecule has 110 valence electrons. The van der Waals surface area contributed by atoms with E-state index in [-0.39, 0.29) is 12.3 Å². The van der Waals surface area contributed by atoms with Crippen LogP contribution in [0.25, 0.3) is 0 Å². The molecule has 1 heterocycles. The number of carbonyl (C=O) groups excluding carboxylic acids is 2. The number of aromatic nitrogens is 1. The van der Waals surface area contributed by atoms with E-state index in [9.17, 15) is 14.7 Å². The van der Waals surface area contributed by atoms with E-state index in [0.29, 0.717) is 5.13 Å². The first-order valence-corrected chi connectivity index (χ1v) is 7.21. The fourth-order valence-corrected chi connectivity index (χ4v) is 2.23. The van der Waals surface area contributed by atoms with Gasteiger partial charge in [-0.3, -0.25) is 9.59 Å². The molecule has 0 bridgehead atoms. The fraction of sp³-hybridized carbons (Fsp3) is 0.214. The van der Waals surface area contributed by atoms with Crippen molar-refractivity contribution in [2.24, 2.45) is 0 Å². The van der Waals surface area contributed by atoms with Crippen LogP contribution in [0.15, 0.2) is 41.9 Å². The highest BCUT2D eigenvalue weighted by Gasteiger charge is 2.20. The monoisotopic (exact) mass is 305 g/mol. The van der Waals surface area contributed by atoms with Gasteiger partial charge in [0.2, 0.25) is 5.91 Å². The molecule has 0 aliphatic rings. The first kappa shape index (κ1) is 15.1. The number of hydrogen-bond donors (Lipinski definition) is 3. The third-order valence-corrected chi connectivity index (χ3v) is 3.39. The van der Waals surface area contributed by atoms with Gasteiger partial charge >= 0.3 is 0 Å². The van der Waals surface area contributed by atoms with Gasteiger partial charge < -0.3 is 15.7 Å². The summed E-state index contributed by atoms with van der Waals surface area (Å²) in [5, 5.41) is 16.4. The minimum absolute atomic E-state index is 0.155. The second-order valence-corrected chi connectivity index (χ2v) is 5.19. The molecule has 7 heteroatoms. The Morgan fingerprint density at radius 3 is 2.67 bits per heavy atom. The van der Waals surface area contributed by atoms with Gasteiger partial charge in [0, 0.05) is 11.6 Å². The lowest BCUT2D eigenvalue weighted by atomic mass is 10.1. The fourth-order valence-electron chi connectivity index (χ4n) is 1.70. The van der Waals surface area contributed by atoms with Gasteiger partial charge in [0.15, 0.2) is 5.13 Å². The lowest BCUT2D eigenvalue weighted by Gasteiger charge is -2.15. The normalized spacial score (nSPS) is 11.7. The number of aliphatic hydroxyl groups is 1. The van der Waals surface area contributed by atoms with Crippen LogP contribution in [-0.2, 0) is 16.0 Å². The van der Waals surface area contributed by atoms with Crippen molar-refractivity contribution in [3.63, 3.8) is 0 Å². The van der Waals surface area contributed by atoms with E-state index >= 15 is 0 Å². The molecule has 0 aliphatic heterocycles. The maximum Gasteiger partial charge on any atom is 0.251 e. The number of nitrogens with zero attached hydrogens (tertiary/aromatic N) is 1. The zero-order valence-corrected chi connectivity index (χ0v) is 12.0. The molecule has 0 saturated heterocycles. The van der Waals surface area contributed by atoms with E-state index in [0.717, 1.165) is 5.56 Å². The molecule has 21 heavy (non-hydrogen) atoms. The zero-order chi connectivity index (χ0) is 15.1. The Morgan fingerprint density at radius 2 is 2.05 bits per heavy atom. The topological polar surface area (TPSA) is 91.3 Å². The summed E-state index contributed by atoms with van der Waals surface area (Å²) >= 11 is 1.26. The third kappa shape index (κ3) is 4.66. The van der Waals surface area contributed by atoms with Crippen molar-refractivity contribution in [2.75, 3.05) is 11.9 Å².